The SMILES string of the molecule is CS(=O)Nc1ccc(Cl)c(Br)c1. The van der Waals surface area contributed by atoms with Gasteiger partial charge < -0.3 is 4.72 Å². The lowest BCUT2D eigenvalue weighted by atomic mass is 10.3. The molecule has 1 N–H and O–H groups in total. The first-order valence-electron chi connectivity index (χ1n) is 3.15. The molecule has 1 unspecified atom stereocenters. The first-order chi connectivity index (χ1) is 5.59. The lowest BCUT2D eigenvalue weighted by Crippen LogP contribution is -2.00. The van der Waals surface area contributed by atoms with Crippen LogP contribution in [0.15, 0.2) is 22.7 Å². The van der Waals surface area contributed by atoms with Crippen molar-refractivity contribution in [2.24, 2.45) is 0 Å². The minimum atomic E-state index is -1.05. The molecular weight excluding hydrogens is 262 g/mol. The molecule has 0 saturated carbocycles. The summed E-state index contributed by atoms with van der Waals surface area (Å²) in [5.74, 6) is 0. The Hall–Kier alpha value is -0.0600. The molecule has 0 fully saturated rings. The second-order valence-electron chi connectivity index (χ2n) is 2.19. The van der Waals surface area contributed by atoms with E-state index in [0.717, 1.165) is 10.2 Å². The third-order valence-electron chi connectivity index (χ3n) is 1.18. The number of hydrogen-bond acceptors (Lipinski definition) is 1. The van der Waals surface area contributed by atoms with Crippen LogP contribution in [-0.4, -0.2) is 10.5 Å². The maximum absolute atomic E-state index is 10.8. The molecule has 0 spiro atoms. The van der Waals surface area contributed by atoms with E-state index in [-0.39, 0.29) is 0 Å². The molecule has 5 heteroatoms. The smallest absolute Gasteiger partial charge is 0.113 e. The molecule has 0 aliphatic heterocycles. The molecule has 2 nitrogen and oxygen atoms in total. The lowest BCUT2D eigenvalue weighted by Gasteiger charge is -2.03. The van der Waals surface area contributed by atoms with E-state index < -0.39 is 11.0 Å². The Morgan fingerprint density at radius 2 is 2.25 bits per heavy atom. The quantitative estimate of drug-likeness (QED) is 0.878. The number of halogens is 2. The van der Waals surface area contributed by atoms with Gasteiger partial charge in [-0.1, -0.05) is 11.6 Å². The van der Waals surface area contributed by atoms with Gasteiger partial charge in [0.25, 0.3) is 0 Å². The van der Waals surface area contributed by atoms with Crippen LogP contribution in [0, 0.1) is 0 Å². The van der Waals surface area contributed by atoms with Gasteiger partial charge in [-0.05, 0) is 34.1 Å². The van der Waals surface area contributed by atoms with Crippen molar-refractivity contribution < 1.29 is 4.21 Å². The summed E-state index contributed by atoms with van der Waals surface area (Å²) in [4.78, 5) is 0. The summed E-state index contributed by atoms with van der Waals surface area (Å²) in [7, 11) is -1.05. The summed E-state index contributed by atoms with van der Waals surface area (Å²) in [6.07, 6.45) is 1.57. The molecule has 0 bridgehead atoms. The number of nitrogens with one attached hydrogen (secondary N) is 1. The minimum absolute atomic E-state index is 0.641. The van der Waals surface area contributed by atoms with Crippen LogP contribution in [0.25, 0.3) is 0 Å². The predicted octanol–water partition coefficient (Wildman–Crippen LogP) is 2.81. The summed E-state index contributed by atoms with van der Waals surface area (Å²) in [6.45, 7) is 0. The average molecular weight is 269 g/mol. The Morgan fingerprint density at radius 1 is 1.58 bits per heavy atom. The van der Waals surface area contributed by atoms with Gasteiger partial charge in [0.1, 0.15) is 11.0 Å². The van der Waals surface area contributed by atoms with Gasteiger partial charge in [0.15, 0.2) is 0 Å². The second kappa shape index (κ2) is 4.25. The van der Waals surface area contributed by atoms with Crippen molar-refractivity contribution in [1.29, 1.82) is 0 Å². The standard InChI is InChI=1S/C7H7BrClNOS/c1-12(11)10-5-2-3-7(9)6(8)4-5/h2-4,10H,1H3. The Kier molecular flexibility index (Phi) is 3.55. The molecule has 12 heavy (non-hydrogen) atoms. The van der Waals surface area contributed by atoms with Crippen molar-refractivity contribution in [2.45, 2.75) is 0 Å². The van der Waals surface area contributed by atoms with Gasteiger partial charge in [0, 0.05) is 16.4 Å². The highest BCUT2D eigenvalue weighted by molar-refractivity contribution is 9.10. The molecule has 0 amide bonds. The van der Waals surface area contributed by atoms with Crippen LogP contribution in [-0.2, 0) is 11.0 Å². The topological polar surface area (TPSA) is 29.1 Å². The molecule has 0 saturated heterocycles. The lowest BCUT2D eigenvalue weighted by molar-refractivity contribution is 0.690. The molecule has 1 aromatic carbocycles. The van der Waals surface area contributed by atoms with E-state index in [1.54, 1.807) is 24.5 Å². The maximum Gasteiger partial charge on any atom is 0.113 e. The first-order valence-corrected chi connectivity index (χ1v) is 5.87. The summed E-state index contributed by atoms with van der Waals surface area (Å²) in [6, 6.07) is 5.29. The molecule has 0 heterocycles. The normalized spacial score (nSPS) is 12.6. The van der Waals surface area contributed by atoms with Gasteiger partial charge in [-0.3, -0.25) is 0 Å². The number of anilines is 1. The molecule has 0 radical (unpaired) electrons. The highest BCUT2D eigenvalue weighted by Gasteiger charge is 1.98. The van der Waals surface area contributed by atoms with Crippen molar-refractivity contribution >= 4 is 44.2 Å². The molecular formula is C7H7BrClNOS. The molecule has 1 aromatic rings. The zero-order valence-electron chi connectivity index (χ0n) is 6.30. The largest absolute Gasteiger partial charge is 0.305 e. The zero-order valence-corrected chi connectivity index (χ0v) is 9.46. The van der Waals surface area contributed by atoms with Crippen LogP contribution < -0.4 is 4.72 Å². The van der Waals surface area contributed by atoms with Crippen LogP contribution in [0.1, 0.15) is 0 Å². The van der Waals surface area contributed by atoms with Crippen LogP contribution in [0.2, 0.25) is 5.02 Å². The van der Waals surface area contributed by atoms with E-state index in [9.17, 15) is 4.21 Å². The van der Waals surface area contributed by atoms with Crippen LogP contribution >= 0.6 is 27.5 Å². The van der Waals surface area contributed by atoms with E-state index >= 15 is 0 Å². The fraction of sp³-hybridized carbons (Fsp3) is 0.143. The Labute approximate surface area is 87.0 Å². The fourth-order valence-corrected chi connectivity index (χ4v) is 1.68. The minimum Gasteiger partial charge on any atom is -0.305 e. The molecule has 0 aromatic heterocycles. The summed E-state index contributed by atoms with van der Waals surface area (Å²) in [5.41, 5.74) is 0.784. The van der Waals surface area contributed by atoms with E-state index in [1.165, 1.54) is 0 Å². The first kappa shape index (κ1) is 10.0. The second-order valence-corrected chi connectivity index (χ2v) is 4.56. The fourth-order valence-electron chi connectivity index (χ4n) is 0.726. The maximum atomic E-state index is 10.8. The van der Waals surface area contributed by atoms with Crippen LogP contribution in [0.5, 0.6) is 0 Å². The van der Waals surface area contributed by atoms with E-state index in [0.29, 0.717) is 5.02 Å². The Bertz CT molecular complexity index is 318. The molecule has 1 atom stereocenters. The molecule has 0 aliphatic rings. The van der Waals surface area contributed by atoms with E-state index in [4.69, 9.17) is 11.6 Å². The summed E-state index contributed by atoms with van der Waals surface area (Å²) in [5, 5.41) is 0.641. The number of rotatable bonds is 2. The van der Waals surface area contributed by atoms with Crippen molar-refractivity contribution in [1.82, 2.24) is 0 Å². The Morgan fingerprint density at radius 3 is 2.75 bits per heavy atom. The Balaban J connectivity index is 2.89. The predicted molar refractivity (Wildman–Crippen MR) is 56.8 cm³/mol. The van der Waals surface area contributed by atoms with Gasteiger partial charge in [-0.2, -0.15) is 0 Å². The van der Waals surface area contributed by atoms with E-state index in [1.807, 2.05) is 0 Å². The van der Waals surface area contributed by atoms with Gasteiger partial charge in [-0.15, -0.1) is 0 Å². The molecule has 0 aliphatic carbocycles. The average Bonchev–Trinajstić information content (AvgIpc) is 1.96. The summed E-state index contributed by atoms with van der Waals surface area (Å²) >= 11 is 9.03. The van der Waals surface area contributed by atoms with Crippen LogP contribution in [0.4, 0.5) is 5.69 Å². The third-order valence-corrected chi connectivity index (χ3v) is 2.92. The third kappa shape index (κ3) is 2.77. The molecule has 66 valence electrons. The highest BCUT2D eigenvalue weighted by atomic mass is 79.9. The van der Waals surface area contributed by atoms with Crippen molar-refractivity contribution in [3.63, 3.8) is 0 Å². The number of hydrogen-bond donors (Lipinski definition) is 1. The van der Waals surface area contributed by atoms with Gasteiger partial charge in [-0.25, -0.2) is 4.21 Å². The number of benzene rings is 1. The van der Waals surface area contributed by atoms with Gasteiger partial charge in [0.05, 0.1) is 5.02 Å². The van der Waals surface area contributed by atoms with Crippen molar-refractivity contribution in [2.75, 3.05) is 11.0 Å². The van der Waals surface area contributed by atoms with Crippen LogP contribution in [0.3, 0.4) is 0 Å². The van der Waals surface area contributed by atoms with Gasteiger partial charge >= 0.3 is 0 Å². The van der Waals surface area contributed by atoms with E-state index in [2.05, 4.69) is 20.7 Å². The van der Waals surface area contributed by atoms with Crippen molar-refractivity contribution in [3.05, 3.63) is 27.7 Å². The zero-order chi connectivity index (χ0) is 9.14. The highest BCUT2D eigenvalue weighted by Crippen LogP contribution is 2.25. The summed E-state index contributed by atoms with van der Waals surface area (Å²) < 4.78 is 14.3. The van der Waals surface area contributed by atoms with Crippen molar-refractivity contribution in [3.8, 4) is 0 Å². The van der Waals surface area contributed by atoms with Gasteiger partial charge in [0.2, 0.25) is 0 Å². The molecule has 1 rings (SSSR count). The monoisotopic (exact) mass is 267 g/mol.